The standard InChI is InChI=1S/C18H17ClN2O3S/c1-10-4-5-12(11(2)6-10)20-17(22)9-21-13-8-16(19)25-15(13)7-14(21)18(23)24-3/h4-8H,9H2,1-3H3,(H,20,22). The molecule has 0 aliphatic carbocycles. The maximum atomic E-state index is 12.5. The largest absolute Gasteiger partial charge is 0.464 e. The van der Waals surface area contributed by atoms with Crippen molar-refractivity contribution in [3.05, 3.63) is 51.5 Å². The number of hydrogen-bond donors (Lipinski definition) is 1. The molecule has 2 aromatic heterocycles. The van der Waals surface area contributed by atoms with Crippen LogP contribution in [-0.4, -0.2) is 23.6 Å². The first-order chi connectivity index (χ1) is 11.9. The van der Waals surface area contributed by atoms with Crippen molar-refractivity contribution in [2.24, 2.45) is 0 Å². The number of nitrogens with one attached hydrogen (secondary N) is 1. The average molecular weight is 377 g/mol. The summed E-state index contributed by atoms with van der Waals surface area (Å²) < 4.78 is 7.89. The Kier molecular flexibility index (Phi) is 4.83. The fourth-order valence-electron chi connectivity index (χ4n) is 2.74. The summed E-state index contributed by atoms with van der Waals surface area (Å²) in [5, 5.41) is 2.89. The van der Waals surface area contributed by atoms with Crippen molar-refractivity contribution in [2.75, 3.05) is 12.4 Å². The van der Waals surface area contributed by atoms with Gasteiger partial charge in [0.15, 0.2) is 0 Å². The number of hydrogen-bond acceptors (Lipinski definition) is 4. The third-order valence-electron chi connectivity index (χ3n) is 3.91. The van der Waals surface area contributed by atoms with Crippen LogP contribution in [0.1, 0.15) is 21.6 Å². The van der Waals surface area contributed by atoms with Crippen LogP contribution in [0.5, 0.6) is 0 Å². The fourth-order valence-corrected chi connectivity index (χ4v) is 3.92. The molecule has 25 heavy (non-hydrogen) atoms. The Morgan fingerprint density at radius 2 is 2.00 bits per heavy atom. The van der Waals surface area contributed by atoms with Crippen LogP contribution in [-0.2, 0) is 16.1 Å². The lowest BCUT2D eigenvalue weighted by Gasteiger charge is -2.12. The molecule has 3 aromatic rings. The average Bonchev–Trinajstić information content (AvgIpc) is 3.07. The fraction of sp³-hybridized carbons (Fsp3) is 0.222. The SMILES string of the molecule is COC(=O)c1cc2sc(Cl)cc2n1CC(=O)Nc1ccc(C)cc1C. The van der Waals surface area contributed by atoms with Gasteiger partial charge in [-0.2, -0.15) is 0 Å². The lowest BCUT2D eigenvalue weighted by atomic mass is 10.1. The number of carbonyl (C=O) groups is 2. The van der Waals surface area contributed by atoms with Gasteiger partial charge in [0.25, 0.3) is 0 Å². The molecule has 7 heteroatoms. The Balaban J connectivity index is 1.90. The molecule has 3 rings (SSSR count). The molecule has 1 amide bonds. The van der Waals surface area contributed by atoms with E-state index in [-0.39, 0.29) is 12.5 Å². The molecule has 0 aliphatic heterocycles. The number of thiophene rings is 1. The number of aryl methyl sites for hydroxylation is 2. The minimum absolute atomic E-state index is 0.00564. The lowest BCUT2D eigenvalue weighted by molar-refractivity contribution is -0.116. The summed E-state index contributed by atoms with van der Waals surface area (Å²) in [6.07, 6.45) is 0. The maximum Gasteiger partial charge on any atom is 0.354 e. The monoisotopic (exact) mass is 376 g/mol. The number of halogens is 1. The molecular weight excluding hydrogens is 360 g/mol. The van der Waals surface area contributed by atoms with Crippen LogP contribution < -0.4 is 5.32 Å². The van der Waals surface area contributed by atoms with E-state index < -0.39 is 5.97 Å². The van der Waals surface area contributed by atoms with Crippen LogP contribution in [0.25, 0.3) is 10.2 Å². The number of methoxy groups -OCH3 is 1. The molecule has 2 heterocycles. The summed E-state index contributed by atoms with van der Waals surface area (Å²) in [6, 6.07) is 9.26. The van der Waals surface area contributed by atoms with Crippen molar-refractivity contribution in [1.82, 2.24) is 4.57 Å². The highest BCUT2D eigenvalue weighted by Gasteiger charge is 2.20. The van der Waals surface area contributed by atoms with Gasteiger partial charge in [-0.1, -0.05) is 29.3 Å². The molecular formula is C18H17ClN2O3S. The quantitative estimate of drug-likeness (QED) is 0.686. The number of anilines is 1. The molecule has 1 aromatic carbocycles. The molecule has 0 bridgehead atoms. The first-order valence-corrected chi connectivity index (χ1v) is 8.82. The van der Waals surface area contributed by atoms with Crippen LogP contribution in [0, 0.1) is 13.8 Å². The Bertz CT molecular complexity index is 974. The van der Waals surface area contributed by atoms with Gasteiger partial charge in [-0.15, -0.1) is 11.3 Å². The van der Waals surface area contributed by atoms with Gasteiger partial charge in [0.1, 0.15) is 12.2 Å². The van der Waals surface area contributed by atoms with Crippen molar-refractivity contribution >= 4 is 50.7 Å². The summed E-state index contributed by atoms with van der Waals surface area (Å²) >= 11 is 7.41. The zero-order valence-electron chi connectivity index (χ0n) is 14.1. The molecule has 0 atom stereocenters. The van der Waals surface area contributed by atoms with Crippen molar-refractivity contribution in [3.63, 3.8) is 0 Å². The van der Waals surface area contributed by atoms with E-state index in [0.29, 0.717) is 10.0 Å². The number of carbonyl (C=O) groups excluding carboxylic acids is 2. The van der Waals surface area contributed by atoms with Gasteiger partial charge in [0.2, 0.25) is 5.91 Å². The topological polar surface area (TPSA) is 60.3 Å². The van der Waals surface area contributed by atoms with E-state index in [0.717, 1.165) is 27.0 Å². The Morgan fingerprint density at radius 1 is 1.24 bits per heavy atom. The molecule has 0 aliphatic rings. The molecule has 130 valence electrons. The minimum atomic E-state index is -0.487. The third kappa shape index (κ3) is 3.55. The summed E-state index contributed by atoms with van der Waals surface area (Å²) in [5.74, 6) is -0.712. The van der Waals surface area contributed by atoms with Crippen LogP contribution in [0.4, 0.5) is 5.69 Å². The molecule has 0 radical (unpaired) electrons. The predicted octanol–water partition coefficient (Wildman–Crippen LogP) is 4.40. The Labute approximate surface area is 154 Å². The van der Waals surface area contributed by atoms with Gasteiger partial charge >= 0.3 is 5.97 Å². The summed E-state index contributed by atoms with van der Waals surface area (Å²) in [7, 11) is 1.32. The summed E-state index contributed by atoms with van der Waals surface area (Å²) in [5.41, 5.74) is 3.94. The number of fused-ring (bicyclic) bond motifs is 1. The number of nitrogens with zero attached hydrogens (tertiary/aromatic N) is 1. The van der Waals surface area contributed by atoms with Crippen LogP contribution in [0.15, 0.2) is 30.3 Å². The molecule has 5 nitrogen and oxygen atoms in total. The highest BCUT2D eigenvalue weighted by Crippen LogP contribution is 2.32. The molecule has 1 N–H and O–H groups in total. The molecule has 0 fully saturated rings. The van der Waals surface area contributed by atoms with Gasteiger partial charge in [-0.25, -0.2) is 4.79 Å². The van der Waals surface area contributed by atoms with Gasteiger partial charge in [0.05, 0.1) is 21.7 Å². The lowest BCUT2D eigenvalue weighted by Crippen LogP contribution is -2.22. The number of benzene rings is 1. The van der Waals surface area contributed by atoms with E-state index in [4.69, 9.17) is 16.3 Å². The molecule has 0 unspecified atom stereocenters. The van der Waals surface area contributed by atoms with E-state index in [2.05, 4.69) is 5.32 Å². The van der Waals surface area contributed by atoms with Crippen LogP contribution in [0.2, 0.25) is 4.34 Å². The van der Waals surface area contributed by atoms with Crippen LogP contribution in [0.3, 0.4) is 0 Å². The number of amides is 1. The van der Waals surface area contributed by atoms with Crippen molar-refractivity contribution in [3.8, 4) is 0 Å². The maximum absolute atomic E-state index is 12.5. The van der Waals surface area contributed by atoms with E-state index in [1.165, 1.54) is 18.4 Å². The molecule has 0 spiro atoms. The van der Waals surface area contributed by atoms with E-state index >= 15 is 0 Å². The highest BCUT2D eigenvalue weighted by atomic mass is 35.5. The van der Waals surface area contributed by atoms with E-state index in [1.807, 2.05) is 32.0 Å². The number of aromatic nitrogens is 1. The minimum Gasteiger partial charge on any atom is -0.464 e. The first kappa shape index (κ1) is 17.5. The molecule has 0 saturated carbocycles. The zero-order valence-corrected chi connectivity index (χ0v) is 15.6. The van der Waals surface area contributed by atoms with Crippen molar-refractivity contribution < 1.29 is 14.3 Å². The summed E-state index contributed by atoms with van der Waals surface area (Å²) in [6.45, 7) is 3.93. The van der Waals surface area contributed by atoms with Gasteiger partial charge in [-0.3, -0.25) is 4.79 Å². The van der Waals surface area contributed by atoms with Gasteiger partial charge in [0, 0.05) is 5.69 Å². The number of ether oxygens (including phenoxy) is 1. The van der Waals surface area contributed by atoms with E-state index in [9.17, 15) is 9.59 Å². The second-order valence-corrected chi connectivity index (χ2v) is 7.49. The van der Waals surface area contributed by atoms with Gasteiger partial charge in [-0.05, 0) is 37.6 Å². The number of rotatable bonds is 4. The van der Waals surface area contributed by atoms with Gasteiger partial charge < -0.3 is 14.6 Å². The number of esters is 1. The van der Waals surface area contributed by atoms with E-state index in [1.54, 1.807) is 16.7 Å². The second-order valence-electron chi connectivity index (χ2n) is 5.77. The Hall–Kier alpha value is -2.31. The predicted molar refractivity (Wildman–Crippen MR) is 101 cm³/mol. The third-order valence-corrected chi connectivity index (χ3v) is 5.11. The molecule has 0 saturated heterocycles. The normalized spacial score (nSPS) is 10.9. The smallest absolute Gasteiger partial charge is 0.354 e. The van der Waals surface area contributed by atoms with Crippen molar-refractivity contribution in [2.45, 2.75) is 20.4 Å². The zero-order chi connectivity index (χ0) is 18.1. The first-order valence-electron chi connectivity index (χ1n) is 7.63. The van der Waals surface area contributed by atoms with Crippen molar-refractivity contribution in [1.29, 1.82) is 0 Å². The second kappa shape index (κ2) is 6.90. The van der Waals surface area contributed by atoms with Crippen LogP contribution >= 0.6 is 22.9 Å². The Morgan fingerprint density at radius 3 is 2.68 bits per heavy atom. The summed E-state index contributed by atoms with van der Waals surface area (Å²) in [4.78, 5) is 24.5. The highest BCUT2D eigenvalue weighted by molar-refractivity contribution is 7.22.